The van der Waals surface area contributed by atoms with Crippen molar-refractivity contribution >= 4 is 17.2 Å². The van der Waals surface area contributed by atoms with E-state index in [2.05, 4.69) is 10.1 Å². The van der Waals surface area contributed by atoms with Gasteiger partial charge in [-0.3, -0.25) is 4.79 Å². The van der Waals surface area contributed by atoms with Gasteiger partial charge in [0.05, 0.1) is 17.0 Å². The third kappa shape index (κ3) is 2.55. The molecule has 1 N–H and O–H groups in total. The Bertz CT molecular complexity index is 681. The topological polar surface area (TPSA) is 79.5 Å². The monoisotopic (exact) mass is 321 g/mol. The number of aromatic nitrogens is 2. The standard InChI is InChI=1S/C15H19N3O3S/c1-8-12(10(3)21-17-8)14-16-9(2)13(22-14)15(20)18-6-11(7-18)4-5-19/h11,19H,4-7H2,1-3H3. The number of rotatable bonds is 4. The Morgan fingerprint density at radius 2 is 2.09 bits per heavy atom. The minimum Gasteiger partial charge on any atom is -0.396 e. The number of carbonyl (C=O) groups is 1. The van der Waals surface area contributed by atoms with Crippen LogP contribution >= 0.6 is 11.3 Å². The number of aliphatic hydroxyl groups is 1. The van der Waals surface area contributed by atoms with Crippen LogP contribution in [-0.4, -0.2) is 45.8 Å². The zero-order valence-corrected chi connectivity index (χ0v) is 13.7. The summed E-state index contributed by atoms with van der Waals surface area (Å²) in [4.78, 5) is 19.6. The first kappa shape index (κ1) is 15.2. The molecule has 3 heterocycles. The van der Waals surface area contributed by atoms with Gasteiger partial charge in [-0.05, 0) is 33.1 Å². The first-order valence-corrected chi connectivity index (χ1v) is 8.13. The highest BCUT2D eigenvalue weighted by Gasteiger charge is 2.33. The summed E-state index contributed by atoms with van der Waals surface area (Å²) in [6.07, 6.45) is 0.760. The van der Waals surface area contributed by atoms with E-state index in [9.17, 15) is 4.79 Å². The number of likely N-dealkylation sites (tertiary alicyclic amines) is 1. The molecule has 1 fully saturated rings. The highest BCUT2D eigenvalue weighted by molar-refractivity contribution is 7.17. The van der Waals surface area contributed by atoms with Gasteiger partial charge < -0.3 is 14.5 Å². The molecule has 2 aromatic rings. The highest BCUT2D eigenvalue weighted by atomic mass is 32.1. The average molecular weight is 321 g/mol. The van der Waals surface area contributed by atoms with Crippen LogP contribution < -0.4 is 0 Å². The average Bonchev–Trinajstić information content (AvgIpc) is 2.96. The number of aliphatic hydroxyl groups excluding tert-OH is 1. The Hall–Kier alpha value is -1.73. The van der Waals surface area contributed by atoms with Crippen molar-refractivity contribution in [2.45, 2.75) is 27.2 Å². The zero-order chi connectivity index (χ0) is 15.9. The summed E-state index contributed by atoms with van der Waals surface area (Å²) in [6.45, 7) is 7.20. The van der Waals surface area contributed by atoms with Gasteiger partial charge in [-0.25, -0.2) is 4.98 Å². The number of nitrogens with zero attached hydrogens (tertiary/aromatic N) is 3. The quantitative estimate of drug-likeness (QED) is 0.933. The fourth-order valence-corrected chi connectivity index (χ4v) is 3.91. The molecule has 1 amide bonds. The van der Waals surface area contributed by atoms with E-state index in [0.717, 1.165) is 47.2 Å². The summed E-state index contributed by atoms with van der Waals surface area (Å²) in [6, 6.07) is 0. The van der Waals surface area contributed by atoms with Gasteiger partial charge in [0.2, 0.25) is 0 Å². The molecule has 3 rings (SSSR count). The third-order valence-electron chi connectivity index (χ3n) is 4.02. The molecular weight excluding hydrogens is 302 g/mol. The van der Waals surface area contributed by atoms with Crippen molar-refractivity contribution in [3.63, 3.8) is 0 Å². The molecule has 0 aliphatic carbocycles. The van der Waals surface area contributed by atoms with Gasteiger partial charge in [-0.1, -0.05) is 5.16 Å². The maximum atomic E-state index is 12.5. The van der Waals surface area contributed by atoms with Gasteiger partial charge >= 0.3 is 0 Å². The van der Waals surface area contributed by atoms with E-state index >= 15 is 0 Å². The van der Waals surface area contributed by atoms with E-state index < -0.39 is 0 Å². The molecule has 1 saturated heterocycles. The molecule has 0 spiro atoms. The molecule has 22 heavy (non-hydrogen) atoms. The fraction of sp³-hybridized carbons (Fsp3) is 0.533. The molecule has 6 nitrogen and oxygen atoms in total. The second-order valence-electron chi connectivity index (χ2n) is 5.72. The molecule has 0 bridgehead atoms. The molecule has 0 unspecified atom stereocenters. The Kier molecular flexibility index (Phi) is 4.01. The first-order chi connectivity index (χ1) is 10.5. The first-order valence-electron chi connectivity index (χ1n) is 7.32. The predicted molar refractivity (Wildman–Crippen MR) is 82.9 cm³/mol. The van der Waals surface area contributed by atoms with Crippen LogP contribution in [-0.2, 0) is 0 Å². The minimum absolute atomic E-state index is 0.0298. The van der Waals surface area contributed by atoms with Gasteiger partial charge in [0, 0.05) is 19.7 Å². The summed E-state index contributed by atoms with van der Waals surface area (Å²) in [7, 11) is 0. The van der Waals surface area contributed by atoms with Crippen LogP contribution in [0.3, 0.4) is 0 Å². The molecule has 1 aliphatic rings. The molecule has 7 heteroatoms. The lowest BCUT2D eigenvalue weighted by Crippen LogP contribution is -2.50. The molecule has 118 valence electrons. The van der Waals surface area contributed by atoms with Gasteiger partial charge in [0.25, 0.3) is 5.91 Å². The van der Waals surface area contributed by atoms with Crippen LogP contribution in [0.2, 0.25) is 0 Å². The third-order valence-corrected chi connectivity index (χ3v) is 5.18. The van der Waals surface area contributed by atoms with Crippen LogP contribution in [0.5, 0.6) is 0 Å². The molecule has 0 atom stereocenters. The summed E-state index contributed by atoms with van der Waals surface area (Å²) in [5, 5.41) is 13.6. The lowest BCUT2D eigenvalue weighted by Gasteiger charge is -2.38. The normalized spacial score (nSPS) is 15.2. The Balaban J connectivity index is 1.80. The smallest absolute Gasteiger partial charge is 0.265 e. The summed E-state index contributed by atoms with van der Waals surface area (Å²) in [5.74, 6) is 1.17. The molecule has 1 aliphatic heterocycles. The van der Waals surface area contributed by atoms with Crippen LogP contribution in [0.15, 0.2) is 4.52 Å². The lowest BCUT2D eigenvalue weighted by molar-refractivity contribution is 0.0452. The Morgan fingerprint density at radius 3 is 2.68 bits per heavy atom. The van der Waals surface area contributed by atoms with Crippen molar-refractivity contribution < 1.29 is 14.4 Å². The maximum Gasteiger partial charge on any atom is 0.265 e. The number of amides is 1. The van der Waals surface area contributed by atoms with Gasteiger partial charge in [0.15, 0.2) is 0 Å². The van der Waals surface area contributed by atoms with Gasteiger partial charge in [-0.2, -0.15) is 0 Å². The zero-order valence-electron chi connectivity index (χ0n) is 12.9. The van der Waals surface area contributed by atoms with Crippen LogP contribution in [0.25, 0.3) is 10.6 Å². The number of aryl methyl sites for hydroxylation is 3. The molecule has 0 radical (unpaired) electrons. The van der Waals surface area contributed by atoms with E-state index in [-0.39, 0.29) is 12.5 Å². The van der Waals surface area contributed by atoms with Crippen molar-refractivity contribution in [2.75, 3.05) is 19.7 Å². The van der Waals surface area contributed by atoms with Gasteiger partial charge in [0.1, 0.15) is 15.6 Å². The van der Waals surface area contributed by atoms with Crippen LogP contribution in [0, 0.1) is 26.7 Å². The van der Waals surface area contributed by atoms with Gasteiger partial charge in [-0.15, -0.1) is 11.3 Å². The van der Waals surface area contributed by atoms with E-state index in [1.165, 1.54) is 11.3 Å². The lowest BCUT2D eigenvalue weighted by atomic mass is 9.96. The molecular formula is C15H19N3O3S. The SMILES string of the molecule is Cc1nc(-c2c(C)noc2C)sc1C(=O)N1CC(CCO)C1. The Labute approximate surface area is 132 Å². The molecule has 0 saturated carbocycles. The van der Waals surface area contributed by atoms with Crippen molar-refractivity contribution in [3.8, 4) is 10.6 Å². The van der Waals surface area contributed by atoms with Crippen molar-refractivity contribution in [2.24, 2.45) is 5.92 Å². The van der Waals surface area contributed by atoms with E-state index in [0.29, 0.717) is 10.8 Å². The summed E-state index contributed by atoms with van der Waals surface area (Å²) >= 11 is 1.39. The number of thiazole rings is 1. The fourth-order valence-electron chi connectivity index (χ4n) is 2.73. The van der Waals surface area contributed by atoms with E-state index in [1.54, 1.807) is 0 Å². The summed E-state index contributed by atoms with van der Waals surface area (Å²) in [5.41, 5.74) is 2.42. The highest BCUT2D eigenvalue weighted by Crippen LogP contribution is 2.34. The molecule has 2 aromatic heterocycles. The van der Waals surface area contributed by atoms with E-state index in [4.69, 9.17) is 9.63 Å². The predicted octanol–water partition coefficient (Wildman–Crippen LogP) is 2.18. The van der Waals surface area contributed by atoms with Crippen molar-refractivity contribution in [1.82, 2.24) is 15.0 Å². The number of hydrogen-bond donors (Lipinski definition) is 1. The molecule has 0 aromatic carbocycles. The van der Waals surface area contributed by atoms with Crippen molar-refractivity contribution in [1.29, 1.82) is 0 Å². The second kappa shape index (κ2) is 5.81. The van der Waals surface area contributed by atoms with Crippen LogP contribution in [0.1, 0.15) is 33.2 Å². The number of carbonyl (C=O) groups excluding carboxylic acids is 1. The van der Waals surface area contributed by atoms with Crippen molar-refractivity contribution in [3.05, 3.63) is 22.0 Å². The Morgan fingerprint density at radius 1 is 1.36 bits per heavy atom. The van der Waals surface area contributed by atoms with E-state index in [1.807, 2.05) is 25.7 Å². The largest absolute Gasteiger partial charge is 0.396 e. The second-order valence-corrected chi connectivity index (χ2v) is 6.72. The summed E-state index contributed by atoms with van der Waals surface area (Å²) < 4.78 is 5.18. The minimum atomic E-state index is 0.0298. The maximum absolute atomic E-state index is 12.5. The number of hydrogen-bond acceptors (Lipinski definition) is 6. The van der Waals surface area contributed by atoms with Crippen LogP contribution in [0.4, 0.5) is 0 Å².